The Bertz CT molecular complexity index is 830. The summed E-state index contributed by atoms with van der Waals surface area (Å²) in [6.45, 7) is 5.17. The number of ether oxygens (including phenoxy) is 2. The highest BCUT2D eigenvalue weighted by Crippen LogP contribution is 2.35. The van der Waals surface area contributed by atoms with Crippen LogP contribution >= 0.6 is 0 Å². The molecule has 2 aliphatic rings. The molecule has 0 unspecified atom stereocenters. The highest BCUT2D eigenvalue weighted by Gasteiger charge is 2.34. The summed E-state index contributed by atoms with van der Waals surface area (Å²) in [5, 5.41) is 3.25. The summed E-state index contributed by atoms with van der Waals surface area (Å²) in [5.74, 6) is 1.56. The first kappa shape index (κ1) is 16.5. The maximum absolute atomic E-state index is 13.3. The number of rotatable bonds is 7. The number of hydrogen-bond donors (Lipinski definition) is 1. The van der Waals surface area contributed by atoms with Crippen LogP contribution in [-0.2, 0) is 6.54 Å². The molecule has 1 amide bonds. The van der Waals surface area contributed by atoms with E-state index < -0.39 is 0 Å². The smallest absolute Gasteiger partial charge is 0.256 e. The average molecular weight is 350 g/mol. The zero-order chi connectivity index (χ0) is 17.9. The van der Waals surface area contributed by atoms with E-state index >= 15 is 0 Å². The number of carbonyl (C=O) groups excluding carboxylic acids is 1. The van der Waals surface area contributed by atoms with Gasteiger partial charge in [-0.3, -0.25) is 4.79 Å². The van der Waals surface area contributed by atoms with E-state index in [0.29, 0.717) is 24.7 Å². The number of amides is 1. The van der Waals surface area contributed by atoms with Gasteiger partial charge < -0.3 is 19.7 Å². The monoisotopic (exact) mass is 350 g/mol. The standard InChI is InChI=1S/C21H22N2O3/c1-2-11-22-18-6-4-3-5-17(18)21(24)23(16-8-9-16)13-15-7-10-19-20(12-15)26-14-25-19/h2-7,10,12,16,22H,1,8-9,11,13-14H2. The summed E-state index contributed by atoms with van der Waals surface area (Å²) in [6.07, 6.45) is 3.89. The fourth-order valence-corrected chi connectivity index (χ4v) is 3.15. The third-order valence-electron chi connectivity index (χ3n) is 4.63. The first-order chi connectivity index (χ1) is 12.8. The second-order valence-corrected chi connectivity index (χ2v) is 6.57. The van der Waals surface area contributed by atoms with Crippen LogP contribution in [0, 0.1) is 0 Å². The Hall–Kier alpha value is -2.95. The minimum absolute atomic E-state index is 0.0531. The second kappa shape index (κ2) is 7.12. The number of nitrogens with one attached hydrogen (secondary N) is 1. The van der Waals surface area contributed by atoms with Crippen LogP contribution in [-0.4, -0.2) is 30.2 Å². The number of nitrogens with zero attached hydrogens (tertiary/aromatic N) is 1. The quantitative estimate of drug-likeness (QED) is 0.772. The summed E-state index contributed by atoms with van der Waals surface area (Å²) in [4.78, 5) is 15.2. The van der Waals surface area contributed by atoms with Crippen molar-refractivity contribution in [2.45, 2.75) is 25.4 Å². The van der Waals surface area contributed by atoms with Crippen LogP contribution in [0.4, 0.5) is 5.69 Å². The highest BCUT2D eigenvalue weighted by atomic mass is 16.7. The van der Waals surface area contributed by atoms with Gasteiger partial charge in [-0.1, -0.05) is 24.3 Å². The van der Waals surface area contributed by atoms with Crippen molar-refractivity contribution in [3.63, 3.8) is 0 Å². The molecule has 0 radical (unpaired) electrons. The van der Waals surface area contributed by atoms with Crippen LogP contribution in [0.15, 0.2) is 55.1 Å². The molecule has 26 heavy (non-hydrogen) atoms. The number of hydrogen-bond acceptors (Lipinski definition) is 4. The lowest BCUT2D eigenvalue weighted by molar-refractivity contribution is 0.0730. The van der Waals surface area contributed by atoms with Crippen molar-refractivity contribution < 1.29 is 14.3 Å². The third kappa shape index (κ3) is 3.38. The molecule has 0 saturated heterocycles. The number of para-hydroxylation sites is 1. The highest BCUT2D eigenvalue weighted by molar-refractivity contribution is 6.00. The Morgan fingerprint density at radius 2 is 2.00 bits per heavy atom. The molecule has 2 aromatic carbocycles. The summed E-state index contributed by atoms with van der Waals surface area (Å²) < 4.78 is 10.8. The Balaban J connectivity index is 1.57. The maximum atomic E-state index is 13.3. The molecule has 2 aromatic rings. The van der Waals surface area contributed by atoms with Gasteiger partial charge in [-0.05, 0) is 42.7 Å². The summed E-state index contributed by atoms with van der Waals surface area (Å²) in [7, 11) is 0. The summed E-state index contributed by atoms with van der Waals surface area (Å²) in [6, 6.07) is 13.8. The van der Waals surface area contributed by atoms with Crippen LogP contribution in [0.2, 0.25) is 0 Å². The van der Waals surface area contributed by atoms with E-state index in [2.05, 4.69) is 11.9 Å². The first-order valence-electron chi connectivity index (χ1n) is 8.89. The van der Waals surface area contributed by atoms with E-state index in [9.17, 15) is 4.79 Å². The van der Waals surface area contributed by atoms with Gasteiger partial charge >= 0.3 is 0 Å². The molecule has 4 rings (SSSR count). The van der Waals surface area contributed by atoms with Gasteiger partial charge in [0, 0.05) is 24.8 Å². The topological polar surface area (TPSA) is 50.8 Å². The molecule has 1 fully saturated rings. The van der Waals surface area contributed by atoms with Crippen molar-refractivity contribution in [1.29, 1.82) is 0 Å². The minimum Gasteiger partial charge on any atom is -0.454 e. The number of benzene rings is 2. The lowest BCUT2D eigenvalue weighted by atomic mass is 10.1. The first-order valence-corrected chi connectivity index (χ1v) is 8.89. The van der Waals surface area contributed by atoms with Crippen molar-refractivity contribution >= 4 is 11.6 Å². The van der Waals surface area contributed by atoms with Gasteiger partial charge in [0.15, 0.2) is 11.5 Å². The minimum atomic E-state index is 0.0531. The van der Waals surface area contributed by atoms with Gasteiger partial charge in [-0.2, -0.15) is 0 Å². The van der Waals surface area contributed by atoms with E-state index in [1.807, 2.05) is 47.4 Å². The van der Waals surface area contributed by atoms with Crippen molar-refractivity contribution in [3.8, 4) is 11.5 Å². The van der Waals surface area contributed by atoms with Gasteiger partial charge in [0.1, 0.15) is 0 Å². The molecular formula is C21H22N2O3. The van der Waals surface area contributed by atoms with Gasteiger partial charge in [0.2, 0.25) is 6.79 Å². The fourth-order valence-electron chi connectivity index (χ4n) is 3.15. The molecular weight excluding hydrogens is 328 g/mol. The molecule has 1 heterocycles. The van der Waals surface area contributed by atoms with Crippen molar-refractivity contribution in [2.24, 2.45) is 0 Å². The number of anilines is 1. The van der Waals surface area contributed by atoms with Crippen LogP contribution in [0.5, 0.6) is 11.5 Å². The summed E-state index contributed by atoms with van der Waals surface area (Å²) in [5.41, 5.74) is 2.58. The molecule has 0 bridgehead atoms. The van der Waals surface area contributed by atoms with Crippen LogP contribution in [0.25, 0.3) is 0 Å². The second-order valence-electron chi connectivity index (χ2n) is 6.57. The zero-order valence-corrected chi connectivity index (χ0v) is 14.6. The predicted molar refractivity (Wildman–Crippen MR) is 101 cm³/mol. The van der Waals surface area contributed by atoms with E-state index in [0.717, 1.165) is 35.6 Å². The van der Waals surface area contributed by atoms with Crippen LogP contribution < -0.4 is 14.8 Å². The summed E-state index contributed by atoms with van der Waals surface area (Å²) >= 11 is 0. The van der Waals surface area contributed by atoms with Crippen molar-refractivity contribution in [2.75, 3.05) is 18.7 Å². The number of fused-ring (bicyclic) bond motifs is 1. The zero-order valence-electron chi connectivity index (χ0n) is 14.6. The van der Waals surface area contributed by atoms with Gasteiger partial charge in [-0.15, -0.1) is 6.58 Å². The molecule has 1 aliphatic heterocycles. The molecule has 1 N–H and O–H groups in total. The van der Waals surface area contributed by atoms with E-state index in [1.165, 1.54) is 0 Å². The SMILES string of the molecule is C=CCNc1ccccc1C(=O)N(Cc1ccc2c(c1)OCO2)C1CC1. The fraction of sp³-hybridized carbons (Fsp3) is 0.286. The van der Waals surface area contributed by atoms with Crippen molar-refractivity contribution in [3.05, 3.63) is 66.2 Å². The van der Waals surface area contributed by atoms with Crippen LogP contribution in [0.1, 0.15) is 28.8 Å². The largest absolute Gasteiger partial charge is 0.454 e. The lowest BCUT2D eigenvalue weighted by Gasteiger charge is -2.24. The van der Waals surface area contributed by atoms with E-state index in [-0.39, 0.29) is 12.7 Å². The Labute approximate surface area is 153 Å². The molecule has 0 aromatic heterocycles. The lowest BCUT2D eigenvalue weighted by Crippen LogP contribution is -2.33. The van der Waals surface area contributed by atoms with E-state index in [4.69, 9.17) is 9.47 Å². The molecule has 0 spiro atoms. The third-order valence-corrected chi connectivity index (χ3v) is 4.63. The van der Waals surface area contributed by atoms with E-state index in [1.54, 1.807) is 6.08 Å². The molecule has 1 saturated carbocycles. The molecule has 0 atom stereocenters. The van der Waals surface area contributed by atoms with Gasteiger partial charge in [0.05, 0.1) is 5.56 Å². The Morgan fingerprint density at radius 1 is 1.19 bits per heavy atom. The molecule has 134 valence electrons. The predicted octanol–water partition coefficient (Wildman–Crippen LogP) is 3.82. The number of carbonyl (C=O) groups is 1. The normalized spacial score (nSPS) is 14.8. The maximum Gasteiger partial charge on any atom is 0.256 e. The Kier molecular flexibility index (Phi) is 4.52. The average Bonchev–Trinajstić information content (AvgIpc) is 3.41. The van der Waals surface area contributed by atoms with Crippen LogP contribution in [0.3, 0.4) is 0 Å². The Morgan fingerprint density at radius 3 is 2.81 bits per heavy atom. The van der Waals surface area contributed by atoms with Gasteiger partial charge in [-0.25, -0.2) is 0 Å². The van der Waals surface area contributed by atoms with Crippen molar-refractivity contribution in [1.82, 2.24) is 4.90 Å². The molecule has 5 nitrogen and oxygen atoms in total. The van der Waals surface area contributed by atoms with Gasteiger partial charge in [0.25, 0.3) is 5.91 Å². The molecule has 5 heteroatoms. The molecule has 1 aliphatic carbocycles.